The Balaban J connectivity index is 1.42. The van der Waals surface area contributed by atoms with E-state index < -0.39 is 17.4 Å². The fraction of sp³-hybridized carbons (Fsp3) is 0.273. The van der Waals surface area contributed by atoms with Gasteiger partial charge in [0, 0.05) is 25.3 Å². The predicted octanol–water partition coefficient (Wildman–Crippen LogP) is 4.88. The minimum atomic E-state index is -3.71. The molecule has 0 amide bonds. The zero-order valence-electron chi connectivity index (χ0n) is 17.0. The molecule has 168 valence electrons. The molecule has 0 aliphatic carbocycles. The maximum atomic E-state index is 14.6. The number of hydrogen-bond acceptors (Lipinski definition) is 6. The Hall–Kier alpha value is -3.04. The highest BCUT2D eigenvalue weighted by Crippen LogP contribution is 2.33. The van der Waals surface area contributed by atoms with Crippen LogP contribution in [0.5, 0.6) is 0 Å². The smallest absolute Gasteiger partial charge is 0.354 e. The molecule has 0 bridgehead atoms. The van der Waals surface area contributed by atoms with Gasteiger partial charge in [0.15, 0.2) is 5.82 Å². The molecule has 0 unspecified atom stereocenters. The third-order valence-corrected chi connectivity index (χ3v) is 5.27. The van der Waals surface area contributed by atoms with Crippen molar-refractivity contribution in [1.82, 2.24) is 9.97 Å². The fourth-order valence-electron chi connectivity index (χ4n) is 3.30. The van der Waals surface area contributed by atoms with E-state index >= 15 is 0 Å². The summed E-state index contributed by atoms with van der Waals surface area (Å²) in [5.74, 6) is -1.23. The lowest BCUT2D eigenvalue weighted by Crippen LogP contribution is -2.36. The van der Waals surface area contributed by atoms with Crippen molar-refractivity contribution in [3.63, 3.8) is 0 Å². The number of benzene rings is 2. The van der Waals surface area contributed by atoms with Crippen LogP contribution in [0, 0.1) is 5.82 Å². The van der Waals surface area contributed by atoms with Gasteiger partial charge in [-0.05, 0) is 29.8 Å². The molecule has 2 aromatic carbocycles. The number of ether oxygens (including phenoxy) is 1. The van der Waals surface area contributed by atoms with E-state index in [0.29, 0.717) is 19.8 Å². The molecule has 1 saturated heterocycles. The molecule has 1 aliphatic rings. The van der Waals surface area contributed by atoms with Gasteiger partial charge in [-0.3, -0.25) is 0 Å². The van der Waals surface area contributed by atoms with Gasteiger partial charge in [0.05, 0.1) is 25.0 Å². The van der Waals surface area contributed by atoms with E-state index in [4.69, 9.17) is 16.3 Å². The zero-order chi connectivity index (χ0) is 22.6. The molecule has 3 aromatic rings. The largest absolute Gasteiger partial charge is 0.378 e. The van der Waals surface area contributed by atoms with Gasteiger partial charge in [-0.25, -0.2) is 9.37 Å². The highest BCUT2D eigenvalue weighted by molar-refractivity contribution is 6.32. The molecule has 0 atom stereocenters. The summed E-state index contributed by atoms with van der Waals surface area (Å²) in [6, 6.07) is 8.89. The Labute approximate surface area is 188 Å². The number of nitrogens with one attached hydrogen (secondary N) is 2. The molecule has 0 radical (unpaired) electrons. The number of halogens is 4. The number of morpholine rings is 1. The van der Waals surface area contributed by atoms with Crippen molar-refractivity contribution in [1.29, 1.82) is 0 Å². The molecule has 1 aromatic heterocycles. The molecule has 10 heteroatoms. The topological polar surface area (TPSA) is 62.3 Å². The molecule has 32 heavy (non-hydrogen) atoms. The van der Waals surface area contributed by atoms with Gasteiger partial charge in [0.25, 0.3) is 0 Å². The summed E-state index contributed by atoms with van der Waals surface area (Å²) in [4.78, 5) is 10.3. The minimum Gasteiger partial charge on any atom is -0.378 e. The number of hydrogen-bond donors (Lipinski definition) is 2. The van der Waals surface area contributed by atoms with Crippen LogP contribution < -0.4 is 15.5 Å². The average molecular weight is 464 g/mol. The van der Waals surface area contributed by atoms with Gasteiger partial charge in [0.1, 0.15) is 10.8 Å². The minimum absolute atomic E-state index is 0.110. The Morgan fingerprint density at radius 1 is 1.06 bits per heavy atom. The fourth-order valence-corrected chi connectivity index (χ4v) is 3.44. The molecule has 2 N–H and O–H groups in total. The van der Waals surface area contributed by atoms with Crippen LogP contribution in [0.25, 0.3) is 0 Å². The molecule has 2 heterocycles. The molecule has 0 spiro atoms. The van der Waals surface area contributed by atoms with E-state index in [1.165, 1.54) is 18.3 Å². The van der Waals surface area contributed by atoms with Crippen molar-refractivity contribution in [3.8, 4) is 0 Å². The first-order chi connectivity index (χ1) is 15.4. The van der Waals surface area contributed by atoms with Crippen LogP contribution in [0.2, 0.25) is 5.02 Å². The molecule has 1 aliphatic heterocycles. The summed E-state index contributed by atoms with van der Waals surface area (Å²) in [6.45, 7) is 3.51. The number of aromatic nitrogens is 2. The summed E-state index contributed by atoms with van der Waals surface area (Å²) in [6.07, 6.45) is 1.21. The SMILES string of the molecule is Fc1ccccc1C(F)(F)Nc1nc(NCc2ccc(N3CCOCC3)cc2)ncc1Cl. The maximum Gasteiger partial charge on any atom is 0.354 e. The van der Waals surface area contributed by atoms with Crippen molar-refractivity contribution in [3.05, 3.63) is 76.7 Å². The normalized spacial score (nSPS) is 14.3. The van der Waals surface area contributed by atoms with E-state index in [9.17, 15) is 13.2 Å². The molecular formula is C22H21ClF3N5O. The van der Waals surface area contributed by atoms with Gasteiger partial charge < -0.3 is 20.3 Å². The number of anilines is 3. The Morgan fingerprint density at radius 3 is 2.50 bits per heavy atom. The summed E-state index contributed by atoms with van der Waals surface area (Å²) in [5, 5.41) is 4.80. The van der Waals surface area contributed by atoms with E-state index in [1.807, 2.05) is 29.6 Å². The van der Waals surface area contributed by atoms with Crippen molar-refractivity contribution in [2.45, 2.75) is 12.6 Å². The van der Waals surface area contributed by atoms with Crippen LogP contribution in [0.3, 0.4) is 0 Å². The van der Waals surface area contributed by atoms with Crippen LogP contribution >= 0.6 is 11.6 Å². The predicted molar refractivity (Wildman–Crippen MR) is 118 cm³/mol. The van der Waals surface area contributed by atoms with Gasteiger partial charge in [0.2, 0.25) is 5.95 Å². The summed E-state index contributed by atoms with van der Waals surface area (Å²) >= 11 is 5.98. The van der Waals surface area contributed by atoms with Crippen LogP contribution in [0.1, 0.15) is 11.1 Å². The van der Waals surface area contributed by atoms with Gasteiger partial charge >= 0.3 is 6.05 Å². The van der Waals surface area contributed by atoms with Gasteiger partial charge in [-0.1, -0.05) is 35.9 Å². The lowest BCUT2D eigenvalue weighted by atomic mass is 10.2. The second-order valence-electron chi connectivity index (χ2n) is 7.19. The third kappa shape index (κ3) is 5.23. The standard InChI is InChI=1S/C22H21ClF3N5O/c23-18-14-28-21(29-20(18)30-22(25,26)17-3-1-2-4-19(17)24)27-13-15-5-7-16(8-6-15)31-9-11-32-12-10-31/h1-8,14H,9-13H2,(H2,27,28,29,30). The van der Waals surface area contributed by atoms with Crippen molar-refractivity contribution < 1.29 is 17.9 Å². The number of nitrogens with zero attached hydrogens (tertiary/aromatic N) is 3. The van der Waals surface area contributed by atoms with Crippen molar-refractivity contribution in [2.75, 3.05) is 41.8 Å². The highest BCUT2D eigenvalue weighted by atomic mass is 35.5. The lowest BCUT2D eigenvalue weighted by Gasteiger charge is -2.28. The first-order valence-corrected chi connectivity index (χ1v) is 10.4. The Morgan fingerprint density at radius 2 is 1.78 bits per heavy atom. The monoisotopic (exact) mass is 463 g/mol. The van der Waals surface area contributed by atoms with Crippen molar-refractivity contribution in [2.24, 2.45) is 0 Å². The first-order valence-electron chi connectivity index (χ1n) is 10.0. The molecule has 4 rings (SSSR count). The molecule has 6 nitrogen and oxygen atoms in total. The molecule has 1 fully saturated rings. The molecule has 0 saturated carbocycles. The number of alkyl halides is 2. The lowest BCUT2D eigenvalue weighted by molar-refractivity contribution is 0.0242. The summed E-state index contributed by atoms with van der Waals surface area (Å²) in [7, 11) is 0. The van der Waals surface area contributed by atoms with E-state index in [0.717, 1.165) is 36.5 Å². The Bertz CT molecular complexity index is 1060. The van der Waals surface area contributed by atoms with Crippen LogP contribution in [-0.2, 0) is 17.3 Å². The van der Waals surface area contributed by atoms with E-state index in [-0.39, 0.29) is 16.8 Å². The van der Waals surface area contributed by atoms with Gasteiger partial charge in [-0.2, -0.15) is 13.8 Å². The van der Waals surface area contributed by atoms with Crippen LogP contribution in [0.15, 0.2) is 54.7 Å². The van der Waals surface area contributed by atoms with E-state index in [2.05, 4.69) is 20.2 Å². The highest BCUT2D eigenvalue weighted by Gasteiger charge is 2.35. The summed E-state index contributed by atoms with van der Waals surface area (Å²) < 4.78 is 48.3. The second kappa shape index (κ2) is 9.62. The Kier molecular flexibility index (Phi) is 6.66. The summed E-state index contributed by atoms with van der Waals surface area (Å²) in [5.41, 5.74) is 1.28. The number of rotatable bonds is 7. The van der Waals surface area contributed by atoms with Crippen molar-refractivity contribution >= 4 is 29.1 Å². The first kappa shape index (κ1) is 22.2. The van der Waals surface area contributed by atoms with Gasteiger partial charge in [-0.15, -0.1) is 0 Å². The third-order valence-electron chi connectivity index (χ3n) is 4.99. The average Bonchev–Trinajstić information content (AvgIpc) is 2.80. The van der Waals surface area contributed by atoms with Crippen LogP contribution in [0.4, 0.5) is 30.6 Å². The molecular weight excluding hydrogens is 443 g/mol. The van der Waals surface area contributed by atoms with E-state index in [1.54, 1.807) is 0 Å². The zero-order valence-corrected chi connectivity index (χ0v) is 17.7. The maximum absolute atomic E-state index is 14.6. The van der Waals surface area contributed by atoms with Crippen LogP contribution in [-0.4, -0.2) is 36.3 Å². The quantitative estimate of drug-likeness (QED) is 0.487. The second-order valence-corrected chi connectivity index (χ2v) is 7.60.